The van der Waals surface area contributed by atoms with Crippen LogP contribution in [0.4, 0.5) is 5.69 Å². The minimum Gasteiger partial charge on any atom is -0.279 e. The van der Waals surface area contributed by atoms with Crippen LogP contribution in [0.15, 0.2) is 70.9 Å². The molecule has 2 aromatic carbocycles. The van der Waals surface area contributed by atoms with E-state index in [1.54, 1.807) is 18.2 Å². The highest BCUT2D eigenvalue weighted by molar-refractivity contribution is 7.94. The lowest BCUT2D eigenvalue weighted by Crippen LogP contribution is -2.11. The van der Waals surface area contributed by atoms with E-state index < -0.39 is 10.0 Å². The van der Waals surface area contributed by atoms with Crippen molar-refractivity contribution >= 4 is 38.6 Å². The number of anilines is 1. The van der Waals surface area contributed by atoms with Gasteiger partial charge in [0.15, 0.2) is 0 Å². The van der Waals surface area contributed by atoms with Crippen molar-refractivity contribution in [3.8, 4) is 11.1 Å². The van der Waals surface area contributed by atoms with Crippen LogP contribution in [-0.2, 0) is 10.0 Å². The Morgan fingerprint density at radius 1 is 0.818 bits per heavy atom. The predicted octanol–water partition coefficient (Wildman–Crippen LogP) is 4.87. The van der Waals surface area contributed by atoms with Gasteiger partial charge in [-0.05, 0) is 35.4 Å². The quantitative estimate of drug-likeness (QED) is 0.730. The molecule has 1 heterocycles. The third kappa shape index (κ3) is 3.32. The lowest BCUT2D eigenvalue weighted by atomic mass is 10.1. The van der Waals surface area contributed by atoms with E-state index >= 15 is 0 Å². The van der Waals surface area contributed by atoms with E-state index in [2.05, 4.69) is 4.72 Å². The van der Waals surface area contributed by atoms with Gasteiger partial charge in [0, 0.05) is 5.69 Å². The summed E-state index contributed by atoms with van der Waals surface area (Å²) in [6, 6.07) is 20.2. The number of hydrogen-bond donors (Lipinski definition) is 1. The lowest BCUT2D eigenvalue weighted by Gasteiger charge is -2.07. The normalized spacial score (nSPS) is 11.3. The molecule has 0 unspecified atom stereocenters. The van der Waals surface area contributed by atoms with Gasteiger partial charge in [0.05, 0.1) is 4.34 Å². The van der Waals surface area contributed by atoms with Crippen LogP contribution in [0.25, 0.3) is 11.1 Å². The zero-order chi connectivity index (χ0) is 15.6. The first kappa shape index (κ1) is 15.1. The molecular formula is C16H12ClNO2S2. The summed E-state index contributed by atoms with van der Waals surface area (Å²) in [6.45, 7) is 0. The molecule has 0 aliphatic rings. The van der Waals surface area contributed by atoms with Gasteiger partial charge in [-0.15, -0.1) is 11.3 Å². The number of thiophene rings is 1. The maximum Gasteiger partial charge on any atom is 0.271 e. The molecule has 3 rings (SSSR count). The molecule has 0 radical (unpaired) electrons. The van der Waals surface area contributed by atoms with Crippen molar-refractivity contribution in [2.75, 3.05) is 4.72 Å². The third-order valence-electron chi connectivity index (χ3n) is 3.06. The van der Waals surface area contributed by atoms with E-state index in [1.807, 2.05) is 42.5 Å². The molecular weight excluding hydrogens is 338 g/mol. The van der Waals surface area contributed by atoms with Gasteiger partial charge in [0.1, 0.15) is 4.21 Å². The molecule has 0 fully saturated rings. The zero-order valence-corrected chi connectivity index (χ0v) is 13.8. The van der Waals surface area contributed by atoms with Crippen molar-refractivity contribution in [2.24, 2.45) is 0 Å². The Morgan fingerprint density at radius 3 is 2.05 bits per heavy atom. The molecule has 0 aliphatic carbocycles. The molecule has 6 heteroatoms. The van der Waals surface area contributed by atoms with Crippen LogP contribution in [0.3, 0.4) is 0 Å². The largest absolute Gasteiger partial charge is 0.279 e. The van der Waals surface area contributed by atoms with E-state index in [1.165, 1.54) is 6.07 Å². The molecule has 0 atom stereocenters. The number of sulfonamides is 1. The van der Waals surface area contributed by atoms with E-state index in [4.69, 9.17) is 11.6 Å². The van der Waals surface area contributed by atoms with Crippen molar-refractivity contribution in [2.45, 2.75) is 4.21 Å². The Hall–Kier alpha value is -1.82. The Balaban J connectivity index is 1.82. The second kappa shape index (κ2) is 6.12. The van der Waals surface area contributed by atoms with Gasteiger partial charge in [-0.2, -0.15) is 0 Å². The maximum atomic E-state index is 12.2. The highest BCUT2D eigenvalue weighted by Gasteiger charge is 2.16. The molecule has 3 nitrogen and oxygen atoms in total. The number of hydrogen-bond acceptors (Lipinski definition) is 3. The van der Waals surface area contributed by atoms with Crippen LogP contribution in [0, 0.1) is 0 Å². The number of nitrogens with one attached hydrogen (secondary N) is 1. The Labute approximate surface area is 138 Å². The first-order valence-electron chi connectivity index (χ1n) is 6.48. The van der Waals surface area contributed by atoms with Crippen molar-refractivity contribution in [3.63, 3.8) is 0 Å². The summed E-state index contributed by atoms with van der Waals surface area (Å²) in [7, 11) is -3.59. The zero-order valence-electron chi connectivity index (χ0n) is 11.4. The Morgan fingerprint density at radius 2 is 1.45 bits per heavy atom. The third-order valence-corrected chi connectivity index (χ3v) is 6.16. The monoisotopic (exact) mass is 349 g/mol. The summed E-state index contributed by atoms with van der Waals surface area (Å²) in [5.74, 6) is 0. The van der Waals surface area contributed by atoms with Crippen LogP contribution in [0.5, 0.6) is 0 Å². The average Bonchev–Trinajstić information content (AvgIpc) is 2.96. The molecule has 3 aromatic rings. The lowest BCUT2D eigenvalue weighted by molar-refractivity contribution is 0.603. The fourth-order valence-corrected chi connectivity index (χ4v) is 4.55. The second-order valence-electron chi connectivity index (χ2n) is 4.61. The summed E-state index contributed by atoms with van der Waals surface area (Å²) < 4.78 is 27.6. The molecule has 0 amide bonds. The number of halogens is 1. The topological polar surface area (TPSA) is 46.2 Å². The van der Waals surface area contributed by atoms with Gasteiger partial charge >= 0.3 is 0 Å². The van der Waals surface area contributed by atoms with E-state index in [0.29, 0.717) is 10.0 Å². The van der Waals surface area contributed by atoms with E-state index in [9.17, 15) is 8.42 Å². The standard InChI is InChI=1S/C16H12ClNO2S2/c17-15-10-11-16(21-15)22(19,20)18-14-8-6-13(7-9-14)12-4-2-1-3-5-12/h1-11,18H. The Bertz CT molecular complexity index is 872. The van der Waals surface area contributed by atoms with E-state index in [-0.39, 0.29) is 4.21 Å². The van der Waals surface area contributed by atoms with Crippen LogP contribution >= 0.6 is 22.9 Å². The van der Waals surface area contributed by atoms with Crippen molar-refractivity contribution in [3.05, 3.63) is 71.1 Å². The van der Waals surface area contributed by atoms with Gasteiger partial charge in [-0.3, -0.25) is 4.72 Å². The second-order valence-corrected chi connectivity index (χ2v) is 8.23. The number of rotatable bonds is 4. The molecule has 112 valence electrons. The van der Waals surface area contributed by atoms with Gasteiger partial charge in [-0.1, -0.05) is 54.1 Å². The van der Waals surface area contributed by atoms with Gasteiger partial charge < -0.3 is 0 Å². The van der Waals surface area contributed by atoms with Gasteiger partial charge in [0.2, 0.25) is 0 Å². The molecule has 1 N–H and O–H groups in total. The van der Waals surface area contributed by atoms with Crippen LogP contribution in [-0.4, -0.2) is 8.42 Å². The van der Waals surface area contributed by atoms with Crippen molar-refractivity contribution in [1.82, 2.24) is 0 Å². The summed E-state index contributed by atoms with van der Waals surface area (Å²) in [6.07, 6.45) is 0. The summed E-state index contributed by atoms with van der Waals surface area (Å²) in [5, 5.41) is 0. The molecule has 0 saturated heterocycles. The first-order valence-corrected chi connectivity index (χ1v) is 9.16. The molecule has 0 saturated carbocycles. The van der Waals surface area contributed by atoms with E-state index in [0.717, 1.165) is 22.5 Å². The van der Waals surface area contributed by atoms with Crippen molar-refractivity contribution < 1.29 is 8.42 Å². The van der Waals surface area contributed by atoms with Crippen LogP contribution in [0.1, 0.15) is 0 Å². The average molecular weight is 350 g/mol. The summed E-state index contributed by atoms with van der Waals surface area (Å²) in [5.41, 5.74) is 2.63. The minimum atomic E-state index is -3.59. The highest BCUT2D eigenvalue weighted by Crippen LogP contribution is 2.28. The summed E-state index contributed by atoms with van der Waals surface area (Å²) >= 11 is 6.81. The molecule has 0 aliphatic heterocycles. The molecule has 0 bridgehead atoms. The fourth-order valence-electron chi connectivity index (χ4n) is 2.01. The fraction of sp³-hybridized carbons (Fsp3) is 0. The highest BCUT2D eigenvalue weighted by atomic mass is 35.5. The van der Waals surface area contributed by atoms with Gasteiger partial charge in [0.25, 0.3) is 10.0 Å². The van der Waals surface area contributed by atoms with Crippen molar-refractivity contribution in [1.29, 1.82) is 0 Å². The number of benzene rings is 2. The van der Waals surface area contributed by atoms with Crippen LogP contribution in [0.2, 0.25) is 4.34 Å². The van der Waals surface area contributed by atoms with Crippen LogP contribution < -0.4 is 4.72 Å². The summed E-state index contributed by atoms with van der Waals surface area (Å²) in [4.78, 5) is 0. The molecule has 1 aromatic heterocycles. The molecule has 22 heavy (non-hydrogen) atoms. The maximum absolute atomic E-state index is 12.2. The predicted molar refractivity (Wildman–Crippen MR) is 92.0 cm³/mol. The van der Waals surface area contributed by atoms with Gasteiger partial charge in [-0.25, -0.2) is 8.42 Å². The molecule has 0 spiro atoms. The minimum absolute atomic E-state index is 0.199. The Kier molecular flexibility index (Phi) is 4.20. The SMILES string of the molecule is O=S(=O)(Nc1ccc(-c2ccccc2)cc1)c1ccc(Cl)s1. The first-order chi connectivity index (χ1) is 10.5. The smallest absolute Gasteiger partial charge is 0.271 e.